The molecule has 20 heavy (non-hydrogen) atoms. The van der Waals surface area contributed by atoms with Crippen LogP contribution in [0, 0.1) is 5.92 Å². The number of hydrogen-bond acceptors (Lipinski definition) is 3. The molecule has 0 fully saturated rings. The lowest BCUT2D eigenvalue weighted by Crippen LogP contribution is -2.15. The summed E-state index contributed by atoms with van der Waals surface area (Å²) >= 11 is 5.03. The van der Waals surface area contributed by atoms with Crippen LogP contribution in [0.4, 0.5) is 5.69 Å². The molecule has 1 unspecified atom stereocenters. The highest BCUT2D eigenvalue weighted by molar-refractivity contribution is 9.10. The van der Waals surface area contributed by atoms with Gasteiger partial charge in [-0.05, 0) is 51.5 Å². The van der Waals surface area contributed by atoms with E-state index in [2.05, 4.69) is 46.5 Å². The summed E-state index contributed by atoms with van der Waals surface area (Å²) in [5.74, 6) is -0.492. The van der Waals surface area contributed by atoms with Crippen molar-refractivity contribution >= 4 is 38.9 Å². The maximum atomic E-state index is 11.0. The second-order valence-corrected chi connectivity index (χ2v) is 6.71. The van der Waals surface area contributed by atoms with Crippen LogP contribution in [-0.4, -0.2) is 11.1 Å². The monoisotopic (exact) mass is 353 g/mol. The Morgan fingerprint density at radius 2 is 2.10 bits per heavy atom. The highest BCUT2D eigenvalue weighted by Gasteiger charge is 2.17. The Balaban J connectivity index is 2.24. The van der Waals surface area contributed by atoms with Crippen molar-refractivity contribution in [2.75, 3.05) is 5.32 Å². The first kappa shape index (κ1) is 15.1. The molecule has 1 aromatic carbocycles. The molecule has 106 valence electrons. The molecule has 0 radical (unpaired) electrons. The second kappa shape index (κ2) is 6.41. The average Bonchev–Trinajstić information content (AvgIpc) is 2.88. The van der Waals surface area contributed by atoms with Crippen molar-refractivity contribution in [2.45, 2.75) is 19.9 Å². The molecule has 0 amide bonds. The van der Waals surface area contributed by atoms with Gasteiger partial charge in [0.05, 0.1) is 11.6 Å². The highest BCUT2D eigenvalue weighted by Crippen LogP contribution is 2.31. The van der Waals surface area contributed by atoms with Gasteiger partial charge in [-0.1, -0.05) is 19.9 Å². The predicted octanol–water partition coefficient (Wildman–Crippen LogP) is 5.02. The highest BCUT2D eigenvalue weighted by atomic mass is 79.9. The molecule has 2 N–H and O–H groups in total. The van der Waals surface area contributed by atoms with E-state index in [0.717, 1.165) is 5.69 Å². The van der Waals surface area contributed by atoms with E-state index in [1.54, 1.807) is 23.5 Å². The SMILES string of the molecule is CC(C)C(Nc1ccc(C(=O)O)c(Br)c1)c1cccs1. The maximum absolute atomic E-state index is 11.0. The summed E-state index contributed by atoms with van der Waals surface area (Å²) in [6, 6.07) is 9.60. The zero-order valence-electron chi connectivity index (χ0n) is 11.3. The summed E-state index contributed by atoms with van der Waals surface area (Å²) in [6.45, 7) is 4.33. The molecule has 0 aliphatic rings. The van der Waals surface area contributed by atoms with Crippen LogP contribution in [0.15, 0.2) is 40.2 Å². The quantitative estimate of drug-likeness (QED) is 0.793. The van der Waals surface area contributed by atoms with Crippen LogP contribution in [-0.2, 0) is 0 Å². The van der Waals surface area contributed by atoms with Gasteiger partial charge in [0, 0.05) is 15.0 Å². The zero-order chi connectivity index (χ0) is 14.7. The smallest absolute Gasteiger partial charge is 0.336 e. The average molecular weight is 354 g/mol. The predicted molar refractivity (Wildman–Crippen MR) is 86.6 cm³/mol. The molecule has 2 aromatic rings. The van der Waals surface area contributed by atoms with Crippen molar-refractivity contribution in [1.82, 2.24) is 0 Å². The van der Waals surface area contributed by atoms with Crippen LogP contribution in [0.5, 0.6) is 0 Å². The van der Waals surface area contributed by atoms with E-state index < -0.39 is 5.97 Å². The minimum absolute atomic E-state index is 0.220. The van der Waals surface area contributed by atoms with Gasteiger partial charge in [0.2, 0.25) is 0 Å². The Bertz CT molecular complexity index is 596. The van der Waals surface area contributed by atoms with Crippen molar-refractivity contribution in [2.24, 2.45) is 5.92 Å². The van der Waals surface area contributed by atoms with Gasteiger partial charge in [-0.2, -0.15) is 0 Å². The topological polar surface area (TPSA) is 49.3 Å². The fourth-order valence-corrected chi connectivity index (χ4v) is 3.49. The van der Waals surface area contributed by atoms with Gasteiger partial charge in [-0.25, -0.2) is 4.79 Å². The van der Waals surface area contributed by atoms with Gasteiger partial charge in [0.15, 0.2) is 0 Å². The van der Waals surface area contributed by atoms with Crippen LogP contribution in [0.2, 0.25) is 0 Å². The third-order valence-corrected chi connectivity index (χ3v) is 4.65. The molecule has 5 heteroatoms. The number of halogens is 1. The van der Waals surface area contributed by atoms with Gasteiger partial charge in [0.25, 0.3) is 0 Å². The van der Waals surface area contributed by atoms with Crippen molar-refractivity contribution < 1.29 is 9.90 Å². The van der Waals surface area contributed by atoms with Gasteiger partial charge in [0.1, 0.15) is 0 Å². The third-order valence-electron chi connectivity index (χ3n) is 3.04. The van der Waals surface area contributed by atoms with Gasteiger partial charge in [-0.15, -0.1) is 11.3 Å². The van der Waals surface area contributed by atoms with E-state index in [0.29, 0.717) is 10.4 Å². The first-order valence-electron chi connectivity index (χ1n) is 6.32. The summed E-state index contributed by atoms with van der Waals surface area (Å²) in [5.41, 5.74) is 1.18. The Kier molecular flexibility index (Phi) is 4.83. The Morgan fingerprint density at radius 1 is 1.35 bits per heavy atom. The number of carboxylic acid groups (broad SMARTS) is 1. The zero-order valence-corrected chi connectivity index (χ0v) is 13.7. The van der Waals surface area contributed by atoms with E-state index >= 15 is 0 Å². The number of rotatable bonds is 5. The first-order valence-corrected chi connectivity index (χ1v) is 7.99. The molecule has 0 bridgehead atoms. The Morgan fingerprint density at radius 3 is 2.60 bits per heavy atom. The van der Waals surface area contributed by atoms with Crippen molar-refractivity contribution in [3.05, 3.63) is 50.6 Å². The van der Waals surface area contributed by atoms with E-state index in [4.69, 9.17) is 5.11 Å². The molecule has 0 saturated carbocycles. The van der Waals surface area contributed by atoms with Gasteiger partial charge >= 0.3 is 5.97 Å². The molecule has 0 aliphatic heterocycles. The van der Waals surface area contributed by atoms with Crippen LogP contribution in [0.3, 0.4) is 0 Å². The molecule has 3 nitrogen and oxygen atoms in total. The Hall–Kier alpha value is -1.33. The number of benzene rings is 1. The Labute approximate surface area is 130 Å². The summed E-state index contributed by atoms with van der Waals surface area (Å²) in [6.07, 6.45) is 0. The summed E-state index contributed by atoms with van der Waals surface area (Å²) in [5, 5.41) is 14.6. The number of anilines is 1. The number of thiophene rings is 1. The van der Waals surface area contributed by atoms with E-state index in [-0.39, 0.29) is 11.6 Å². The number of hydrogen-bond donors (Lipinski definition) is 2. The van der Waals surface area contributed by atoms with Crippen molar-refractivity contribution in [3.63, 3.8) is 0 Å². The van der Waals surface area contributed by atoms with Gasteiger partial charge in [-0.3, -0.25) is 0 Å². The van der Waals surface area contributed by atoms with Crippen LogP contribution < -0.4 is 5.32 Å². The molecule has 1 atom stereocenters. The summed E-state index contributed by atoms with van der Waals surface area (Å²) in [4.78, 5) is 12.3. The fraction of sp³-hybridized carbons (Fsp3) is 0.267. The lowest BCUT2D eigenvalue weighted by Gasteiger charge is -2.22. The largest absolute Gasteiger partial charge is 0.478 e. The van der Waals surface area contributed by atoms with Crippen LogP contribution in [0.1, 0.15) is 35.1 Å². The second-order valence-electron chi connectivity index (χ2n) is 4.88. The molecular weight excluding hydrogens is 338 g/mol. The summed E-state index contributed by atoms with van der Waals surface area (Å²) in [7, 11) is 0. The van der Waals surface area contributed by atoms with Gasteiger partial charge < -0.3 is 10.4 Å². The molecule has 2 rings (SSSR count). The molecule has 1 heterocycles. The molecule has 0 saturated heterocycles. The fourth-order valence-electron chi connectivity index (χ4n) is 1.99. The standard InChI is InChI=1S/C15H16BrNO2S/c1-9(2)14(13-4-3-7-20-13)17-10-5-6-11(15(18)19)12(16)8-10/h3-9,14,17H,1-2H3,(H,18,19). The lowest BCUT2D eigenvalue weighted by molar-refractivity contribution is 0.0696. The van der Waals surface area contributed by atoms with E-state index in [9.17, 15) is 4.79 Å². The number of nitrogens with one attached hydrogen (secondary N) is 1. The molecule has 0 spiro atoms. The minimum atomic E-state index is -0.929. The van der Waals surface area contributed by atoms with Crippen molar-refractivity contribution in [1.29, 1.82) is 0 Å². The molecular formula is C15H16BrNO2S. The lowest BCUT2D eigenvalue weighted by atomic mass is 10.0. The first-order chi connectivity index (χ1) is 9.49. The third kappa shape index (κ3) is 3.41. The van der Waals surface area contributed by atoms with Crippen LogP contribution >= 0.6 is 27.3 Å². The maximum Gasteiger partial charge on any atom is 0.336 e. The molecule has 1 aromatic heterocycles. The number of carboxylic acids is 1. The van der Waals surface area contributed by atoms with Crippen molar-refractivity contribution in [3.8, 4) is 0 Å². The summed E-state index contributed by atoms with van der Waals surface area (Å²) < 4.78 is 0.587. The number of aromatic carboxylic acids is 1. The normalized spacial score (nSPS) is 12.4. The molecule has 0 aliphatic carbocycles. The van der Waals surface area contributed by atoms with E-state index in [1.165, 1.54) is 4.88 Å². The minimum Gasteiger partial charge on any atom is -0.478 e. The van der Waals surface area contributed by atoms with E-state index in [1.807, 2.05) is 12.1 Å². The number of carbonyl (C=O) groups is 1. The van der Waals surface area contributed by atoms with Crippen LogP contribution in [0.25, 0.3) is 0 Å².